The Kier molecular flexibility index (Phi) is 5.76. The summed E-state index contributed by atoms with van der Waals surface area (Å²) in [5, 5.41) is 3.32. The molecule has 0 heterocycles. The standard InChI is InChI=1S/C12H20N2S/c1-3-15-12-6-4-11(5-7-12)9-14-8-10(2)13/h4-7,10,14H,3,8-9,13H2,1-2H3. The monoisotopic (exact) mass is 224 g/mol. The Balaban J connectivity index is 2.36. The van der Waals surface area contributed by atoms with E-state index in [-0.39, 0.29) is 6.04 Å². The van der Waals surface area contributed by atoms with Crippen LogP contribution in [0.1, 0.15) is 19.4 Å². The molecule has 0 aliphatic carbocycles. The highest BCUT2D eigenvalue weighted by Crippen LogP contribution is 2.17. The van der Waals surface area contributed by atoms with E-state index in [0.29, 0.717) is 0 Å². The molecule has 0 aromatic heterocycles. The van der Waals surface area contributed by atoms with Crippen molar-refractivity contribution in [2.45, 2.75) is 31.3 Å². The molecule has 0 saturated heterocycles. The van der Waals surface area contributed by atoms with E-state index >= 15 is 0 Å². The van der Waals surface area contributed by atoms with Crippen molar-refractivity contribution in [1.29, 1.82) is 0 Å². The van der Waals surface area contributed by atoms with Gasteiger partial charge in [-0.1, -0.05) is 19.1 Å². The predicted octanol–water partition coefficient (Wildman–Crippen LogP) is 2.24. The lowest BCUT2D eigenvalue weighted by Gasteiger charge is -2.07. The van der Waals surface area contributed by atoms with Gasteiger partial charge in [0.25, 0.3) is 0 Å². The van der Waals surface area contributed by atoms with E-state index in [9.17, 15) is 0 Å². The molecule has 3 N–H and O–H groups in total. The van der Waals surface area contributed by atoms with Crippen LogP contribution in [0.3, 0.4) is 0 Å². The van der Waals surface area contributed by atoms with E-state index in [0.717, 1.165) is 18.8 Å². The molecule has 84 valence electrons. The van der Waals surface area contributed by atoms with Crippen LogP contribution in [-0.2, 0) is 6.54 Å². The number of thioether (sulfide) groups is 1. The molecule has 0 radical (unpaired) electrons. The van der Waals surface area contributed by atoms with Crippen LogP contribution < -0.4 is 11.1 Å². The largest absolute Gasteiger partial charge is 0.327 e. The van der Waals surface area contributed by atoms with Crippen LogP contribution >= 0.6 is 11.8 Å². The van der Waals surface area contributed by atoms with Crippen molar-refractivity contribution in [3.8, 4) is 0 Å². The Morgan fingerprint density at radius 3 is 2.53 bits per heavy atom. The first kappa shape index (κ1) is 12.6. The number of nitrogens with two attached hydrogens (primary N) is 1. The maximum Gasteiger partial charge on any atom is 0.0206 e. The molecule has 0 amide bonds. The van der Waals surface area contributed by atoms with Gasteiger partial charge in [0.1, 0.15) is 0 Å². The van der Waals surface area contributed by atoms with Gasteiger partial charge in [0.15, 0.2) is 0 Å². The highest BCUT2D eigenvalue weighted by molar-refractivity contribution is 7.99. The quantitative estimate of drug-likeness (QED) is 0.728. The van der Waals surface area contributed by atoms with Crippen molar-refractivity contribution in [3.63, 3.8) is 0 Å². The summed E-state index contributed by atoms with van der Waals surface area (Å²) in [6, 6.07) is 8.92. The topological polar surface area (TPSA) is 38.0 Å². The first-order valence-corrected chi connectivity index (χ1v) is 6.39. The van der Waals surface area contributed by atoms with Gasteiger partial charge in [0.05, 0.1) is 0 Å². The summed E-state index contributed by atoms with van der Waals surface area (Å²) < 4.78 is 0. The predicted molar refractivity (Wildman–Crippen MR) is 68.2 cm³/mol. The zero-order valence-corrected chi connectivity index (χ0v) is 10.3. The molecular weight excluding hydrogens is 204 g/mol. The molecule has 1 aromatic rings. The summed E-state index contributed by atoms with van der Waals surface area (Å²) in [5.74, 6) is 1.13. The van der Waals surface area contributed by atoms with Crippen molar-refractivity contribution >= 4 is 11.8 Å². The number of benzene rings is 1. The summed E-state index contributed by atoms with van der Waals surface area (Å²) >= 11 is 1.87. The van der Waals surface area contributed by atoms with Gasteiger partial charge in [0, 0.05) is 24.0 Å². The summed E-state index contributed by atoms with van der Waals surface area (Å²) in [5.41, 5.74) is 6.97. The van der Waals surface area contributed by atoms with E-state index in [1.807, 2.05) is 18.7 Å². The van der Waals surface area contributed by atoms with Crippen LogP contribution in [0.5, 0.6) is 0 Å². The van der Waals surface area contributed by atoms with Crippen LogP contribution in [0, 0.1) is 0 Å². The Hall–Kier alpha value is -0.510. The molecule has 15 heavy (non-hydrogen) atoms. The highest BCUT2D eigenvalue weighted by atomic mass is 32.2. The number of rotatable bonds is 6. The number of hydrogen-bond acceptors (Lipinski definition) is 3. The summed E-state index contributed by atoms with van der Waals surface area (Å²) in [7, 11) is 0. The van der Waals surface area contributed by atoms with Gasteiger partial charge in [-0.15, -0.1) is 11.8 Å². The number of hydrogen-bond donors (Lipinski definition) is 2. The van der Waals surface area contributed by atoms with Crippen molar-refractivity contribution in [1.82, 2.24) is 5.32 Å². The normalized spacial score (nSPS) is 12.7. The highest BCUT2D eigenvalue weighted by Gasteiger charge is 1.96. The molecule has 0 saturated carbocycles. The molecule has 0 fully saturated rings. The maximum absolute atomic E-state index is 5.65. The zero-order chi connectivity index (χ0) is 11.1. The molecule has 0 bridgehead atoms. The van der Waals surface area contributed by atoms with Gasteiger partial charge in [-0.3, -0.25) is 0 Å². The lowest BCUT2D eigenvalue weighted by atomic mass is 10.2. The molecule has 0 spiro atoms. The first-order chi connectivity index (χ1) is 7.22. The van der Waals surface area contributed by atoms with Gasteiger partial charge in [-0.25, -0.2) is 0 Å². The smallest absolute Gasteiger partial charge is 0.0206 e. The third-order valence-electron chi connectivity index (χ3n) is 2.03. The molecule has 1 aromatic carbocycles. The van der Waals surface area contributed by atoms with E-state index in [4.69, 9.17) is 5.73 Å². The second-order valence-corrected chi connectivity index (χ2v) is 5.02. The zero-order valence-electron chi connectivity index (χ0n) is 9.49. The molecule has 1 rings (SSSR count). The number of nitrogens with one attached hydrogen (secondary N) is 1. The molecule has 1 atom stereocenters. The van der Waals surface area contributed by atoms with E-state index in [1.165, 1.54) is 10.5 Å². The van der Waals surface area contributed by atoms with Crippen LogP contribution in [0.2, 0.25) is 0 Å². The minimum atomic E-state index is 0.222. The Bertz CT molecular complexity index is 269. The van der Waals surface area contributed by atoms with Crippen molar-refractivity contribution in [2.24, 2.45) is 5.73 Å². The van der Waals surface area contributed by atoms with Crippen LogP contribution in [-0.4, -0.2) is 18.3 Å². The van der Waals surface area contributed by atoms with Gasteiger partial charge in [-0.2, -0.15) is 0 Å². The van der Waals surface area contributed by atoms with Crippen LogP contribution in [0.25, 0.3) is 0 Å². The van der Waals surface area contributed by atoms with Crippen LogP contribution in [0.15, 0.2) is 29.2 Å². The average Bonchev–Trinajstić information content (AvgIpc) is 2.20. The average molecular weight is 224 g/mol. The van der Waals surface area contributed by atoms with E-state index in [2.05, 4.69) is 36.5 Å². The van der Waals surface area contributed by atoms with Gasteiger partial charge in [0.2, 0.25) is 0 Å². The van der Waals surface area contributed by atoms with Crippen LogP contribution in [0.4, 0.5) is 0 Å². The fourth-order valence-electron chi connectivity index (χ4n) is 1.31. The molecular formula is C12H20N2S. The summed E-state index contributed by atoms with van der Waals surface area (Å²) in [6.07, 6.45) is 0. The van der Waals surface area contributed by atoms with Crippen molar-refractivity contribution < 1.29 is 0 Å². The minimum absolute atomic E-state index is 0.222. The second-order valence-electron chi connectivity index (χ2n) is 3.69. The SMILES string of the molecule is CCSc1ccc(CNCC(C)N)cc1. The van der Waals surface area contributed by atoms with Crippen molar-refractivity contribution in [2.75, 3.05) is 12.3 Å². The molecule has 0 aliphatic heterocycles. The minimum Gasteiger partial charge on any atom is -0.327 e. The van der Waals surface area contributed by atoms with Gasteiger partial charge >= 0.3 is 0 Å². The van der Waals surface area contributed by atoms with Gasteiger partial charge in [-0.05, 0) is 30.4 Å². The Labute approximate surface area is 96.6 Å². The van der Waals surface area contributed by atoms with Gasteiger partial charge < -0.3 is 11.1 Å². The Morgan fingerprint density at radius 1 is 1.33 bits per heavy atom. The maximum atomic E-state index is 5.65. The fourth-order valence-corrected chi connectivity index (χ4v) is 1.98. The fraction of sp³-hybridized carbons (Fsp3) is 0.500. The van der Waals surface area contributed by atoms with E-state index < -0.39 is 0 Å². The lowest BCUT2D eigenvalue weighted by Crippen LogP contribution is -2.30. The molecule has 0 aliphatic rings. The second kappa shape index (κ2) is 6.88. The molecule has 3 heteroatoms. The molecule has 1 unspecified atom stereocenters. The Morgan fingerprint density at radius 2 is 2.00 bits per heavy atom. The third kappa shape index (κ3) is 5.21. The van der Waals surface area contributed by atoms with E-state index in [1.54, 1.807) is 0 Å². The summed E-state index contributed by atoms with van der Waals surface area (Å²) in [6.45, 7) is 5.95. The first-order valence-electron chi connectivity index (χ1n) is 5.40. The lowest BCUT2D eigenvalue weighted by molar-refractivity contribution is 0.608. The third-order valence-corrected chi connectivity index (χ3v) is 2.92. The van der Waals surface area contributed by atoms with Crippen molar-refractivity contribution in [3.05, 3.63) is 29.8 Å². The summed E-state index contributed by atoms with van der Waals surface area (Å²) in [4.78, 5) is 1.34. The molecule has 2 nitrogen and oxygen atoms in total.